The van der Waals surface area contributed by atoms with Crippen LogP contribution in [-0.2, 0) is 4.79 Å². The van der Waals surface area contributed by atoms with Crippen molar-refractivity contribution >= 4 is 39.8 Å². The van der Waals surface area contributed by atoms with Crippen molar-refractivity contribution < 1.29 is 4.79 Å². The molecule has 7 heteroatoms. The highest BCUT2D eigenvalue weighted by Gasteiger charge is 2.35. The summed E-state index contributed by atoms with van der Waals surface area (Å²) in [4.78, 5) is 16.8. The molecule has 2 aliphatic heterocycles. The van der Waals surface area contributed by atoms with Gasteiger partial charge in [0, 0.05) is 17.1 Å². The average molecular weight is 406 g/mol. The van der Waals surface area contributed by atoms with Crippen LogP contribution in [0.3, 0.4) is 0 Å². The van der Waals surface area contributed by atoms with Crippen LogP contribution in [0.5, 0.6) is 0 Å². The molecule has 6 nitrogen and oxygen atoms in total. The zero-order valence-electron chi connectivity index (χ0n) is 17.2. The van der Waals surface area contributed by atoms with E-state index in [0.29, 0.717) is 5.17 Å². The minimum atomic E-state index is -0.391. The largest absolute Gasteiger partial charge is 0.318 e. The molecule has 0 spiro atoms. The first kappa shape index (κ1) is 19.4. The molecule has 4 rings (SSSR count). The van der Waals surface area contributed by atoms with Crippen molar-refractivity contribution in [3.05, 3.63) is 57.9 Å². The van der Waals surface area contributed by atoms with Crippen molar-refractivity contribution in [1.82, 2.24) is 9.58 Å². The fourth-order valence-corrected chi connectivity index (χ4v) is 4.42. The molecule has 1 amide bonds. The molecular formula is C22H23N5OS. The Bertz CT molecular complexity index is 1150. The number of hydrogen-bond acceptors (Lipinski definition) is 4. The molecule has 2 aliphatic rings. The number of hydrazone groups is 1. The lowest BCUT2D eigenvalue weighted by molar-refractivity contribution is -0.114. The lowest BCUT2D eigenvalue weighted by Crippen LogP contribution is -2.35. The molecule has 0 bridgehead atoms. The highest BCUT2D eigenvalue weighted by atomic mass is 32.2. The third-order valence-electron chi connectivity index (χ3n) is 5.17. The zero-order chi connectivity index (χ0) is 20.9. The number of rotatable bonds is 3. The van der Waals surface area contributed by atoms with Gasteiger partial charge < -0.3 is 4.57 Å². The third-order valence-corrected chi connectivity index (χ3v) is 6.23. The van der Waals surface area contributed by atoms with E-state index in [1.165, 1.54) is 27.9 Å². The maximum atomic E-state index is 12.6. The summed E-state index contributed by atoms with van der Waals surface area (Å²) in [5, 5.41) is 15.7. The van der Waals surface area contributed by atoms with Crippen molar-refractivity contribution in [2.75, 3.05) is 0 Å². The van der Waals surface area contributed by atoms with Crippen LogP contribution >= 0.6 is 11.8 Å². The molecule has 3 heterocycles. The molecule has 1 aromatic carbocycles. The van der Waals surface area contributed by atoms with Gasteiger partial charge in [-0.2, -0.15) is 15.1 Å². The Kier molecular flexibility index (Phi) is 4.78. The summed E-state index contributed by atoms with van der Waals surface area (Å²) in [6.45, 7) is 10.3. The number of aryl methyl sites for hydroxylation is 3. The molecule has 2 aromatic rings. The lowest BCUT2D eigenvalue weighted by atomic mass is 10.1. The van der Waals surface area contributed by atoms with Gasteiger partial charge in [-0.25, -0.2) is 0 Å². The van der Waals surface area contributed by atoms with Crippen molar-refractivity contribution in [3.63, 3.8) is 0 Å². The fraction of sp³-hybridized carbons (Fsp3) is 0.273. The van der Waals surface area contributed by atoms with Gasteiger partial charge in [-0.15, -0.1) is 0 Å². The predicted molar refractivity (Wildman–Crippen MR) is 120 cm³/mol. The monoisotopic (exact) mass is 405 g/mol. The summed E-state index contributed by atoms with van der Waals surface area (Å²) < 4.78 is 2.19. The summed E-state index contributed by atoms with van der Waals surface area (Å²) in [6.07, 6.45) is 2.51. The number of hydrogen-bond donors (Lipinski definition) is 1. The van der Waals surface area contributed by atoms with Gasteiger partial charge in [-0.05, 0) is 80.8 Å². The number of carbonyl (C=O) groups is 1. The minimum Gasteiger partial charge on any atom is -0.318 e. The quantitative estimate of drug-likeness (QED) is 0.750. The molecule has 148 valence electrons. The molecule has 0 aliphatic carbocycles. The van der Waals surface area contributed by atoms with E-state index in [1.54, 1.807) is 6.08 Å². The highest BCUT2D eigenvalue weighted by molar-refractivity contribution is 8.26. The Balaban J connectivity index is 1.78. The number of amides is 1. The van der Waals surface area contributed by atoms with Crippen molar-refractivity contribution in [2.45, 2.75) is 41.0 Å². The number of nitrogens with zero attached hydrogens (tertiary/aromatic N) is 4. The van der Waals surface area contributed by atoms with Gasteiger partial charge in [0.15, 0.2) is 5.84 Å². The van der Waals surface area contributed by atoms with Gasteiger partial charge >= 0.3 is 0 Å². The number of benzene rings is 1. The Morgan fingerprint density at radius 1 is 1.17 bits per heavy atom. The molecule has 0 unspecified atom stereocenters. The predicted octanol–water partition coefficient (Wildman–Crippen LogP) is 4.74. The SMILES string of the molecule is CCC1=NN2C(=N)C(=Cc3cc(C)n(-c4cc(C)ccc4C)c3C)C(=O)N=C2S1. The van der Waals surface area contributed by atoms with E-state index >= 15 is 0 Å². The minimum absolute atomic E-state index is 0.0764. The lowest BCUT2D eigenvalue weighted by Gasteiger charge is -2.20. The van der Waals surface area contributed by atoms with Crippen LogP contribution in [0.1, 0.15) is 41.4 Å². The Morgan fingerprint density at radius 3 is 2.66 bits per heavy atom. The van der Waals surface area contributed by atoms with E-state index in [-0.39, 0.29) is 11.4 Å². The van der Waals surface area contributed by atoms with Crippen molar-refractivity contribution in [2.24, 2.45) is 10.1 Å². The molecule has 0 fully saturated rings. The zero-order valence-corrected chi connectivity index (χ0v) is 18.0. The molecular weight excluding hydrogens is 382 g/mol. The highest BCUT2D eigenvalue weighted by Crippen LogP contribution is 2.31. The standard InChI is InChI=1S/C22H23N5OS/c1-6-19-25-27-20(23)17(21(28)24-22(27)29-19)11-16-10-14(4)26(15(16)5)18-9-12(2)7-8-13(18)3/h7-11,23H,6H2,1-5H3. The molecule has 1 N–H and O–H groups in total. The van der Waals surface area contributed by atoms with Gasteiger partial charge in [0.05, 0.1) is 5.57 Å². The summed E-state index contributed by atoms with van der Waals surface area (Å²) in [5.41, 5.74) is 6.77. The van der Waals surface area contributed by atoms with Gasteiger partial charge in [0.25, 0.3) is 5.91 Å². The molecule has 0 saturated heterocycles. The molecule has 29 heavy (non-hydrogen) atoms. The van der Waals surface area contributed by atoms with E-state index in [1.807, 2.05) is 19.9 Å². The van der Waals surface area contributed by atoms with Crippen LogP contribution in [-0.4, -0.2) is 31.5 Å². The van der Waals surface area contributed by atoms with Gasteiger partial charge in [0.2, 0.25) is 5.17 Å². The van der Waals surface area contributed by atoms with Gasteiger partial charge in [-0.1, -0.05) is 19.1 Å². The first-order valence-electron chi connectivity index (χ1n) is 9.55. The molecule has 0 saturated carbocycles. The van der Waals surface area contributed by atoms with Crippen LogP contribution in [0, 0.1) is 33.1 Å². The summed E-state index contributed by atoms with van der Waals surface area (Å²) in [5.74, 6) is -0.315. The van der Waals surface area contributed by atoms with Crippen LogP contribution in [0.2, 0.25) is 0 Å². The maximum absolute atomic E-state index is 12.6. The first-order chi connectivity index (χ1) is 13.8. The van der Waals surface area contributed by atoms with Crippen LogP contribution in [0.4, 0.5) is 0 Å². The normalized spacial score (nSPS) is 17.7. The van der Waals surface area contributed by atoms with E-state index < -0.39 is 5.91 Å². The second kappa shape index (κ2) is 7.15. The van der Waals surface area contributed by atoms with Crippen molar-refractivity contribution in [3.8, 4) is 5.69 Å². The van der Waals surface area contributed by atoms with E-state index in [4.69, 9.17) is 5.41 Å². The summed E-state index contributed by atoms with van der Waals surface area (Å²) >= 11 is 1.35. The number of amidine groups is 2. The fourth-order valence-electron chi connectivity index (χ4n) is 3.59. The third kappa shape index (κ3) is 3.25. The van der Waals surface area contributed by atoms with E-state index in [0.717, 1.165) is 34.1 Å². The van der Waals surface area contributed by atoms with Crippen LogP contribution in [0.25, 0.3) is 11.8 Å². The number of carbonyl (C=O) groups excluding carboxylic acids is 1. The van der Waals surface area contributed by atoms with Crippen LogP contribution in [0.15, 0.2) is 39.9 Å². The summed E-state index contributed by atoms with van der Waals surface area (Å²) in [6, 6.07) is 8.43. The number of thioether (sulfide) groups is 1. The average Bonchev–Trinajstić information content (AvgIpc) is 3.21. The Labute approximate surface area is 174 Å². The molecule has 1 aromatic heterocycles. The number of aromatic nitrogens is 1. The topological polar surface area (TPSA) is 73.8 Å². The number of nitrogens with one attached hydrogen (secondary N) is 1. The number of fused-ring (bicyclic) bond motifs is 1. The summed E-state index contributed by atoms with van der Waals surface area (Å²) in [7, 11) is 0. The number of aliphatic imine (C=N–C) groups is 1. The second-order valence-corrected chi connectivity index (χ2v) is 8.36. The Hall–Kier alpha value is -2.93. The van der Waals surface area contributed by atoms with E-state index in [9.17, 15) is 4.79 Å². The maximum Gasteiger partial charge on any atom is 0.283 e. The van der Waals surface area contributed by atoms with Crippen molar-refractivity contribution in [1.29, 1.82) is 5.41 Å². The van der Waals surface area contributed by atoms with Gasteiger partial charge in [-0.3, -0.25) is 10.2 Å². The molecule has 0 atom stereocenters. The smallest absolute Gasteiger partial charge is 0.283 e. The van der Waals surface area contributed by atoms with Gasteiger partial charge in [0.1, 0.15) is 5.04 Å². The first-order valence-corrected chi connectivity index (χ1v) is 10.4. The molecule has 0 radical (unpaired) electrons. The second-order valence-electron chi connectivity index (χ2n) is 7.32. The van der Waals surface area contributed by atoms with Crippen LogP contribution < -0.4 is 0 Å². The Morgan fingerprint density at radius 2 is 1.93 bits per heavy atom. The van der Waals surface area contributed by atoms with E-state index in [2.05, 4.69) is 53.6 Å².